The highest BCUT2D eigenvalue weighted by Gasteiger charge is 2.26. The van der Waals surface area contributed by atoms with Crippen molar-refractivity contribution < 1.29 is 14.3 Å². The molecule has 5 nitrogen and oxygen atoms in total. The zero-order chi connectivity index (χ0) is 19.6. The summed E-state index contributed by atoms with van der Waals surface area (Å²) in [5, 5.41) is 4.18. The third-order valence-electron chi connectivity index (χ3n) is 4.95. The molecule has 0 saturated carbocycles. The van der Waals surface area contributed by atoms with Gasteiger partial charge in [0.1, 0.15) is 18.1 Å². The van der Waals surface area contributed by atoms with Gasteiger partial charge in [0.05, 0.1) is 23.4 Å². The van der Waals surface area contributed by atoms with Gasteiger partial charge in [-0.2, -0.15) is 0 Å². The second kappa shape index (κ2) is 7.56. The first kappa shape index (κ1) is 17.7. The molecule has 144 valence electrons. The van der Waals surface area contributed by atoms with Crippen molar-refractivity contribution >= 4 is 33.7 Å². The minimum absolute atomic E-state index is 0.0390. The Bertz CT molecular complexity index is 1170. The minimum Gasteiger partial charge on any atom is -0.491 e. The van der Waals surface area contributed by atoms with Crippen molar-refractivity contribution in [2.45, 2.75) is 0 Å². The van der Waals surface area contributed by atoms with Gasteiger partial charge in [0, 0.05) is 16.3 Å². The van der Waals surface area contributed by atoms with Crippen molar-refractivity contribution in [3.8, 4) is 22.8 Å². The van der Waals surface area contributed by atoms with Crippen LogP contribution in [-0.2, 0) is 4.79 Å². The van der Waals surface area contributed by atoms with Crippen LogP contribution < -0.4 is 14.4 Å². The van der Waals surface area contributed by atoms with Crippen LogP contribution >= 0.6 is 11.3 Å². The van der Waals surface area contributed by atoms with Crippen LogP contribution in [0.25, 0.3) is 22.0 Å². The van der Waals surface area contributed by atoms with Crippen molar-refractivity contribution in [2.75, 3.05) is 24.7 Å². The summed E-state index contributed by atoms with van der Waals surface area (Å²) in [6.45, 7) is 0.871. The molecule has 1 aliphatic rings. The average molecular weight is 402 g/mol. The number of hydrogen-bond donors (Lipinski definition) is 0. The van der Waals surface area contributed by atoms with Crippen LogP contribution in [0.2, 0.25) is 0 Å². The number of thiazole rings is 1. The van der Waals surface area contributed by atoms with Crippen LogP contribution in [0.5, 0.6) is 11.5 Å². The average Bonchev–Trinajstić information content (AvgIpc) is 3.30. The summed E-state index contributed by atoms with van der Waals surface area (Å²) < 4.78 is 11.7. The summed E-state index contributed by atoms with van der Waals surface area (Å²) in [5.74, 6) is 1.45. The van der Waals surface area contributed by atoms with Crippen molar-refractivity contribution in [2.24, 2.45) is 0 Å². The molecule has 1 aliphatic heterocycles. The summed E-state index contributed by atoms with van der Waals surface area (Å²) in [6.07, 6.45) is 0. The number of anilines is 1. The van der Waals surface area contributed by atoms with E-state index in [0.717, 1.165) is 33.5 Å². The number of hydrogen-bond acceptors (Lipinski definition) is 5. The highest BCUT2D eigenvalue weighted by atomic mass is 32.1. The van der Waals surface area contributed by atoms with Crippen molar-refractivity contribution in [3.63, 3.8) is 0 Å². The van der Waals surface area contributed by atoms with Crippen molar-refractivity contribution in [1.29, 1.82) is 0 Å². The smallest absolute Gasteiger partial charge is 0.265 e. The third-order valence-corrected chi connectivity index (χ3v) is 5.54. The molecule has 2 heterocycles. The molecule has 0 radical (unpaired) electrons. The van der Waals surface area contributed by atoms with E-state index in [9.17, 15) is 4.79 Å². The van der Waals surface area contributed by atoms with Gasteiger partial charge in [-0.05, 0) is 29.7 Å². The third kappa shape index (κ3) is 3.43. The quantitative estimate of drug-likeness (QED) is 0.483. The first-order chi connectivity index (χ1) is 14.3. The molecule has 0 N–H and O–H groups in total. The van der Waals surface area contributed by atoms with Gasteiger partial charge in [-0.15, -0.1) is 11.3 Å². The summed E-state index contributed by atoms with van der Waals surface area (Å²) >= 11 is 1.54. The number of carbonyl (C=O) groups is 1. The maximum absolute atomic E-state index is 12.5. The Morgan fingerprint density at radius 3 is 2.90 bits per heavy atom. The molecule has 29 heavy (non-hydrogen) atoms. The van der Waals surface area contributed by atoms with Crippen LogP contribution in [0.1, 0.15) is 0 Å². The van der Waals surface area contributed by atoms with Crippen LogP contribution in [0, 0.1) is 0 Å². The van der Waals surface area contributed by atoms with Crippen molar-refractivity contribution in [1.82, 2.24) is 4.98 Å². The van der Waals surface area contributed by atoms with E-state index >= 15 is 0 Å². The fourth-order valence-electron chi connectivity index (χ4n) is 3.53. The maximum Gasteiger partial charge on any atom is 0.265 e. The van der Waals surface area contributed by atoms with E-state index in [4.69, 9.17) is 9.47 Å². The molecule has 1 amide bonds. The highest BCUT2D eigenvalue weighted by molar-refractivity contribution is 7.07. The summed E-state index contributed by atoms with van der Waals surface area (Å²) in [6, 6.07) is 19.9. The Balaban J connectivity index is 1.37. The molecule has 4 aromatic rings. The molecule has 0 aliphatic carbocycles. The standard InChI is InChI=1S/C23H18N2O3S/c26-23-13-28-22-9-8-17(19-14-29-15-24-19)12-20(22)25(23)10-11-27-21-7-3-5-16-4-1-2-6-18(16)21/h1-9,12,14-15H,10-11,13H2. The van der Waals surface area contributed by atoms with Gasteiger partial charge >= 0.3 is 0 Å². The van der Waals surface area contributed by atoms with Crippen molar-refractivity contribution in [3.05, 3.63) is 71.6 Å². The van der Waals surface area contributed by atoms with Crippen LogP contribution in [-0.4, -0.2) is 30.6 Å². The van der Waals surface area contributed by atoms with E-state index < -0.39 is 0 Å². The Hall–Kier alpha value is -3.38. The predicted octanol–water partition coefficient (Wildman–Crippen LogP) is 4.77. The van der Waals surface area contributed by atoms with E-state index in [-0.39, 0.29) is 12.5 Å². The van der Waals surface area contributed by atoms with Gasteiger partial charge < -0.3 is 14.4 Å². The first-order valence-corrected chi connectivity index (χ1v) is 10.3. The molecule has 0 bridgehead atoms. The lowest BCUT2D eigenvalue weighted by Crippen LogP contribution is -2.41. The fraction of sp³-hybridized carbons (Fsp3) is 0.130. The predicted molar refractivity (Wildman–Crippen MR) is 115 cm³/mol. The number of ether oxygens (including phenoxy) is 2. The normalized spacial score (nSPS) is 13.2. The highest BCUT2D eigenvalue weighted by Crippen LogP contribution is 2.36. The number of benzene rings is 3. The summed E-state index contributed by atoms with van der Waals surface area (Å²) in [4.78, 5) is 18.6. The zero-order valence-electron chi connectivity index (χ0n) is 15.6. The lowest BCUT2D eigenvalue weighted by atomic mass is 10.1. The summed E-state index contributed by atoms with van der Waals surface area (Å²) in [5.41, 5.74) is 4.41. The fourth-order valence-corrected chi connectivity index (χ4v) is 4.09. The molecular formula is C23H18N2O3S. The van der Waals surface area contributed by atoms with E-state index in [1.807, 2.05) is 53.9 Å². The number of fused-ring (bicyclic) bond motifs is 2. The molecule has 3 aromatic carbocycles. The molecule has 0 saturated heterocycles. The second-order valence-corrected chi connectivity index (χ2v) is 7.43. The van der Waals surface area contributed by atoms with Gasteiger partial charge in [-0.1, -0.05) is 36.4 Å². The molecule has 1 aromatic heterocycles. The topological polar surface area (TPSA) is 51.7 Å². The molecule has 0 unspecified atom stereocenters. The molecular weight excluding hydrogens is 384 g/mol. The molecule has 0 spiro atoms. The van der Waals surface area contributed by atoms with E-state index in [2.05, 4.69) is 17.1 Å². The molecule has 5 rings (SSSR count). The SMILES string of the molecule is O=C1COc2ccc(-c3cscn3)cc2N1CCOc1cccc2ccccc12. The zero-order valence-corrected chi connectivity index (χ0v) is 16.4. The van der Waals surface area contributed by atoms with Gasteiger partial charge in [0.15, 0.2) is 6.61 Å². The lowest BCUT2D eigenvalue weighted by Gasteiger charge is -2.29. The van der Waals surface area contributed by atoms with E-state index in [0.29, 0.717) is 18.9 Å². The van der Waals surface area contributed by atoms with E-state index in [1.165, 1.54) is 0 Å². The van der Waals surface area contributed by atoms with E-state index in [1.54, 1.807) is 21.7 Å². The Labute approximate surface area is 172 Å². The molecule has 0 atom stereocenters. The Morgan fingerprint density at radius 2 is 2.00 bits per heavy atom. The number of nitrogens with zero attached hydrogens (tertiary/aromatic N) is 2. The van der Waals surface area contributed by atoms with Crippen LogP contribution in [0.3, 0.4) is 0 Å². The van der Waals surface area contributed by atoms with Gasteiger partial charge in [-0.25, -0.2) is 4.98 Å². The largest absolute Gasteiger partial charge is 0.491 e. The number of rotatable bonds is 5. The van der Waals surface area contributed by atoms with Gasteiger partial charge in [0.25, 0.3) is 5.91 Å². The maximum atomic E-state index is 12.5. The molecule has 0 fully saturated rings. The molecule has 6 heteroatoms. The number of aromatic nitrogens is 1. The second-order valence-electron chi connectivity index (χ2n) is 6.72. The number of amides is 1. The Morgan fingerprint density at radius 1 is 1.10 bits per heavy atom. The monoisotopic (exact) mass is 402 g/mol. The Kier molecular flexibility index (Phi) is 4.62. The summed E-state index contributed by atoms with van der Waals surface area (Å²) in [7, 11) is 0. The number of carbonyl (C=O) groups excluding carboxylic acids is 1. The van der Waals surface area contributed by atoms with Crippen LogP contribution in [0.15, 0.2) is 71.6 Å². The first-order valence-electron chi connectivity index (χ1n) is 9.36. The van der Waals surface area contributed by atoms with Gasteiger partial charge in [0.2, 0.25) is 0 Å². The van der Waals surface area contributed by atoms with Gasteiger partial charge in [-0.3, -0.25) is 4.79 Å². The lowest BCUT2D eigenvalue weighted by molar-refractivity contribution is -0.121. The minimum atomic E-state index is -0.0746. The van der Waals surface area contributed by atoms with Crippen LogP contribution in [0.4, 0.5) is 5.69 Å².